The van der Waals surface area contributed by atoms with Crippen LogP contribution < -0.4 is 16.4 Å². The lowest BCUT2D eigenvalue weighted by Crippen LogP contribution is -2.36. The number of carbonyl (C=O) groups is 2. The van der Waals surface area contributed by atoms with Crippen LogP contribution in [0.4, 0.5) is 5.69 Å². The van der Waals surface area contributed by atoms with E-state index in [-0.39, 0.29) is 29.7 Å². The highest BCUT2D eigenvalue weighted by molar-refractivity contribution is 6.34. The summed E-state index contributed by atoms with van der Waals surface area (Å²) in [5, 5.41) is 6.42. The highest BCUT2D eigenvalue weighted by Gasteiger charge is 2.32. The highest BCUT2D eigenvalue weighted by Crippen LogP contribution is 2.32. The van der Waals surface area contributed by atoms with Crippen LogP contribution in [-0.4, -0.2) is 24.4 Å². The number of amides is 2. The Hall–Kier alpha value is -1.59. The van der Waals surface area contributed by atoms with E-state index in [4.69, 9.17) is 17.3 Å². The van der Waals surface area contributed by atoms with Crippen molar-refractivity contribution in [3.05, 3.63) is 28.8 Å². The normalized spacial score (nSPS) is 23.6. The van der Waals surface area contributed by atoms with Gasteiger partial charge in [-0.25, -0.2) is 0 Å². The third-order valence-corrected chi connectivity index (χ3v) is 6.05. The molecule has 0 radical (unpaired) electrons. The van der Waals surface area contributed by atoms with Crippen molar-refractivity contribution in [3.63, 3.8) is 0 Å². The van der Waals surface area contributed by atoms with Crippen LogP contribution in [0, 0.1) is 11.8 Å². The standard InChI is InChI=1S/C20H28ClN3O2/c21-18-10-9-15(24-19(25)16-8-4-5-13(16)12-22)11-17(18)20(26)23-14-6-2-1-3-7-14/h9-11,13-14,16H,1-8,12,22H2,(H,23,26)(H,24,25)/t13-,16-/m1/s1. The van der Waals surface area contributed by atoms with Gasteiger partial charge in [0.25, 0.3) is 5.91 Å². The van der Waals surface area contributed by atoms with Gasteiger partial charge >= 0.3 is 0 Å². The molecule has 2 saturated carbocycles. The molecule has 0 spiro atoms. The Labute approximate surface area is 160 Å². The van der Waals surface area contributed by atoms with Crippen LogP contribution in [-0.2, 0) is 4.79 Å². The fraction of sp³-hybridized carbons (Fsp3) is 0.600. The number of hydrogen-bond acceptors (Lipinski definition) is 3. The summed E-state index contributed by atoms with van der Waals surface area (Å²) in [6, 6.07) is 5.30. The molecule has 6 heteroatoms. The first kappa shape index (κ1) is 19.2. The second kappa shape index (κ2) is 8.87. The number of hydrogen-bond donors (Lipinski definition) is 3. The highest BCUT2D eigenvalue weighted by atomic mass is 35.5. The maximum Gasteiger partial charge on any atom is 0.253 e. The zero-order valence-electron chi connectivity index (χ0n) is 15.1. The molecule has 2 atom stereocenters. The summed E-state index contributed by atoms with van der Waals surface area (Å²) in [5.74, 6) is 0.0178. The number of rotatable bonds is 5. The van der Waals surface area contributed by atoms with Gasteiger partial charge in [-0.3, -0.25) is 9.59 Å². The zero-order chi connectivity index (χ0) is 18.5. The van der Waals surface area contributed by atoms with Gasteiger partial charge in [0.1, 0.15) is 0 Å². The van der Waals surface area contributed by atoms with Gasteiger partial charge < -0.3 is 16.4 Å². The maximum atomic E-state index is 12.6. The average Bonchev–Trinajstić information content (AvgIpc) is 3.13. The molecule has 0 aromatic heterocycles. The van der Waals surface area contributed by atoms with Crippen LogP contribution in [0.3, 0.4) is 0 Å². The molecule has 5 nitrogen and oxygen atoms in total. The van der Waals surface area contributed by atoms with E-state index in [9.17, 15) is 9.59 Å². The molecule has 142 valence electrons. The summed E-state index contributed by atoms with van der Waals surface area (Å²) in [6.07, 6.45) is 8.48. The Kier molecular flexibility index (Phi) is 6.54. The van der Waals surface area contributed by atoms with Crippen molar-refractivity contribution in [2.24, 2.45) is 17.6 Å². The largest absolute Gasteiger partial charge is 0.349 e. The number of nitrogens with one attached hydrogen (secondary N) is 2. The predicted octanol–water partition coefficient (Wildman–Crippen LogP) is 3.72. The molecule has 0 heterocycles. The Bertz CT molecular complexity index is 658. The Morgan fingerprint density at radius 2 is 1.85 bits per heavy atom. The first-order chi connectivity index (χ1) is 12.6. The molecular formula is C20H28ClN3O2. The van der Waals surface area contributed by atoms with Gasteiger partial charge in [-0.1, -0.05) is 37.3 Å². The van der Waals surface area contributed by atoms with Crippen LogP contribution >= 0.6 is 11.6 Å². The molecule has 1 aromatic rings. The van der Waals surface area contributed by atoms with Crippen LogP contribution in [0.1, 0.15) is 61.7 Å². The SMILES string of the molecule is NC[C@H]1CCC[C@H]1C(=O)Nc1ccc(Cl)c(C(=O)NC2CCCCC2)c1. The van der Waals surface area contributed by atoms with E-state index in [2.05, 4.69) is 10.6 Å². The van der Waals surface area contributed by atoms with E-state index >= 15 is 0 Å². The Morgan fingerprint density at radius 1 is 1.08 bits per heavy atom. The molecule has 3 rings (SSSR count). The van der Waals surface area contributed by atoms with Gasteiger partial charge in [-0.05, 0) is 56.3 Å². The van der Waals surface area contributed by atoms with Gasteiger partial charge in [0.15, 0.2) is 0 Å². The molecule has 0 unspecified atom stereocenters. The molecule has 0 saturated heterocycles. The Morgan fingerprint density at radius 3 is 2.58 bits per heavy atom. The summed E-state index contributed by atoms with van der Waals surface area (Å²) in [7, 11) is 0. The third-order valence-electron chi connectivity index (χ3n) is 5.72. The molecule has 4 N–H and O–H groups in total. The fourth-order valence-electron chi connectivity index (χ4n) is 4.19. The van der Waals surface area contributed by atoms with Crippen LogP contribution in [0.15, 0.2) is 18.2 Å². The van der Waals surface area contributed by atoms with Crippen molar-refractivity contribution in [1.29, 1.82) is 0 Å². The minimum Gasteiger partial charge on any atom is -0.349 e. The summed E-state index contributed by atoms with van der Waals surface area (Å²) in [4.78, 5) is 25.2. The van der Waals surface area contributed by atoms with E-state index in [1.54, 1.807) is 18.2 Å². The Balaban J connectivity index is 1.66. The van der Waals surface area contributed by atoms with Crippen molar-refractivity contribution < 1.29 is 9.59 Å². The summed E-state index contributed by atoms with van der Waals surface area (Å²) >= 11 is 6.23. The van der Waals surface area contributed by atoms with E-state index in [1.807, 2.05) is 0 Å². The molecule has 26 heavy (non-hydrogen) atoms. The molecule has 2 fully saturated rings. The quantitative estimate of drug-likeness (QED) is 0.731. The third kappa shape index (κ3) is 4.57. The van der Waals surface area contributed by atoms with E-state index in [1.165, 1.54) is 6.42 Å². The van der Waals surface area contributed by atoms with Gasteiger partial charge in [-0.2, -0.15) is 0 Å². The summed E-state index contributed by atoms with van der Waals surface area (Å²) in [5.41, 5.74) is 6.80. The van der Waals surface area contributed by atoms with Crippen molar-refractivity contribution >= 4 is 29.1 Å². The van der Waals surface area contributed by atoms with Crippen molar-refractivity contribution in [2.45, 2.75) is 57.4 Å². The van der Waals surface area contributed by atoms with E-state index < -0.39 is 0 Å². The van der Waals surface area contributed by atoms with E-state index in [0.717, 1.165) is 44.9 Å². The van der Waals surface area contributed by atoms with Crippen molar-refractivity contribution in [3.8, 4) is 0 Å². The second-order valence-electron chi connectivity index (χ2n) is 7.53. The monoisotopic (exact) mass is 377 g/mol. The number of nitrogens with two attached hydrogens (primary N) is 1. The maximum absolute atomic E-state index is 12.6. The summed E-state index contributed by atoms with van der Waals surface area (Å²) in [6.45, 7) is 0.535. The minimum absolute atomic E-state index is 0.0149. The number of carbonyl (C=O) groups excluding carboxylic acids is 2. The first-order valence-electron chi connectivity index (χ1n) is 9.70. The molecule has 2 aliphatic rings. The second-order valence-corrected chi connectivity index (χ2v) is 7.93. The topological polar surface area (TPSA) is 84.2 Å². The minimum atomic E-state index is -0.168. The molecular weight excluding hydrogens is 350 g/mol. The molecule has 2 aliphatic carbocycles. The zero-order valence-corrected chi connectivity index (χ0v) is 15.9. The molecule has 2 amide bonds. The predicted molar refractivity (Wildman–Crippen MR) is 104 cm³/mol. The number of anilines is 1. The molecule has 0 aliphatic heterocycles. The van der Waals surface area contributed by atoms with Crippen LogP contribution in [0.25, 0.3) is 0 Å². The lowest BCUT2D eigenvalue weighted by molar-refractivity contribution is -0.120. The molecule has 1 aromatic carbocycles. The smallest absolute Gasteiger partial charge is 0.253 e. The van der Waals surface area contributed by atoms with Crippen LogP contribution in [0.5, 0.6) is 0 Å². The number of halogens is 1. The van der Waals surface area contributed by atoms with Gasteiger partial charge in [0.2, 0.25) is 5.91 Å². The van der Waals surface area contributed by atoms with Gasteiger partial charge in [0, 0.05) is 17.6 Å². The van der Waals surface area contributed by atoms with Crippen LogP contribution in [0.2, 0.25) is 5.02 Å². The summed E-state index contributed by atoms with van der Waals surface area (Å²) < 4.78 is 0. The number of benzene rings is 1. The lowest BCUT2D eigenvalue weighted by atomic mass is 9.95. The average molecular weight is 378 g/mol. The lowest BCUT2D eigenvalue weighted by Gasteiger charge is -2.23. The van der Waals surface area contributed by atoms with Crippen molar-refractivity contribution in [2.75, 3.05) is 11.9 Å². The van der Waals surface area contributed by atoms with Gasteiger partial charge in [0.05, 0.1) is 10.6 Å². The molecule has 0 bridgehead atoms. The van der Waals surface area contributed by atoms with Gasteiger partial charge in [-0.15, -0.1) is 0 Å². The van der Waals surface area contributed by atoms with E-state index in [0.29, 0.717) is 22.8 Å². The fourth-order valence-corrected chi connectivity index (χ4v) is 4.39. The first-order valence-corrected chi connectivity index (χ1v) is 10.1. The van der Waals surface area contributed by atoms with Crippen molar-refractivity contribution in [1.82, 2.24) is 5.32 Å².